The third kappa shape index (κ3) is 3.56. The van der Waals surface area contributed by atoms with Gasteiger partial charge < -0.3 is 18.9 Å². The number of aromatic nitrogens is 2. The molecule has 31 heavy (non-hydrogen) atoms. The first kappa shape index (κ1) is 19.7. The second-order valence-corrected chi connectivity index (χ2v) is 8.22. The normalized spacial score (nSPS) is 17.7. The van der Waals surface area contributed by atoms with E-state index in [-0.39, 0.29) is 11.9 Å². The van der Waals surface area contributed by atoms with E-state index in [9.17, 15) is 4.79 Å². The zero-order chi connectivity index (χ0) is 21.4. The molecule has 0 bridgehead atoms. The van der Waals surface area contributed by atoms with Gasteiger partial charge in [-0.1, -0.05) is 18.2 Å². The lowest BCUT2D eigenvalue weighted by molar-refractivity contribution is 0.0730. The van der Waals surface area contributed by atoms with Crippen LogP contribution in [0.2, 0.25) is 0 Å². The molecule has 1 saturated heterocycles. The van der Waals surface area contributed by atoms with Crippen LogP contribution in [0.4, 0.5) is 0 Å². The molecule has 0 aliphatic carbocycles. The van der Waals surface area contributed by atoms with Gasteiger partial charge in [-0.25, -0.2) is 0 Å². The highest BCUT2D eigenvalue weighted by molar-refractivity contribution is 5.96. The van der Waals surface area contributed by atoms with Crippen molar-refractivity contribution in [3.63, 3.8) is 0 Å². The number of rotatable bonds is 4. The van der Waals surface area contributed by atoms with E-state index in [1.165, 1.54) is 0 Å². The predicted octanol–water partition coefficient (Wildman–Crippen LogP) is 4.30. The average Bonchev–Trinajstić information content (AvgIpc) is 3.40. The molecule has 0 saturated carbocycles. The van der Waals surface area contributed by atoms with E-state index < -0.39 is 0 Å². The lowest BCUT2D eigenvalue weighted by atomic mass is 10.0. The molecule has 2 aliphatic rings. The molecule has 1 aromatic carbocycles. The first-order valence-electron chi connectivity index (χ1n) is 10.9. The van der Waals surface area contributed by atoms with Gasteiger partial charge in [-0.2, -0.15) is 0 Å². The topological polar surface area (TPSA) is 56.6 Å². The quantitative estimate of drug-likeness (QED) is 0.635. The molecule has 160 valence electrons. The van der Waals surface area contributed by atoms with Gasteiger partial charge >= 0.3 is 0 Å². The summed E-state index contributed by atoms with van der Waals surface area (Å²) in [5.74, 6) is 1.65. The highest BCUT2D eigenvalue weighted by atomic mass is 16.6. The van der Waals surface area contributed by atoms with Crippen molar-refractivity contribution in [2.24, 2.45) is 0 Å². The van der Waals surface area contributed by atoms with E-state index in [1.807, 2.05) is 55.1 Å². The lowest BCUT2D eigenvalue weighted by Crippen LogP contribution is -2.31. The van der Waals surface area contributed by atoms with E-state index >= 15 is 0 Å². The van der Waals surface area contributed by atoms with E-state index in [1.54, 1.807) is 6.20 Å². The summed E-state index contributed by atoms with van der Waals surface area (Å²) in [5, 5.41) is 0. The molecule has 0 N–H and O–H groups in total. The minimum atomic E-state index is 0.00277. The largest absolute Gasteiger partial charge is 0.486 e. The Balaban J connectivity index is 1.45. The number of aryl methyl sites for hydroxylation is 1. The third-order valence-electron chi connectivity index (χ3n) is 6.32. The Bertz CT molecular complexity index is 1110. The summed E-state index contributed by atoms with van der Waals surface area (Å²) in [4.78, 5) is 20.1. The van der Waals surface area contributed by atoms with Gasteiger partial charge in [0.15, 0.2) is 11.5 Å². The molecule has 4 heterocycles. The second-order valence-electron chi connectivity index (χ2n) is 8.22. The summed E-state index contributed by atoms with van der Waals surface area (Å²) in [7, 11) is 0. The number of amides is 1. The van der Waals surface area contributed by atoms with E-state index in [0.29, 0.717) is 19.8 Å². The van der Waals surface area contributed by atoms with Crippen LogP contribution < -0.4 is 9.47 Å². The monoisotopic (exact) mass is 417 g/mol. The lowest BCUT2D eigenvalue weighted by Gasteiger charge is -2.29. The Hall–Kier alpha value is -3.28. The van der Waals surface area contributed by atoms with Crippen molar-refractivity contribution in [1.29, 1.82) is 0 Å². The van der Waals surface area contributed by atoms with Gasteiger partial charge in [-0.05, 0) is 51.0 Å². The standard InChI is InChI=1S/C25H27N3O3/c1-17-15-21(18(2)28(17)16-19-7-3-4-11-26-19)25(29)27-12-6-9-22(27)20-8-5-10-23-24(20)31-14-13-30-23/h3-5,7-8,10-11,15,22H,6,9,12-14,16H2,1-2H3. The molecule has 5 rings (SSSR count). The number of carbonyl (C=O) groups excluding carboxylic acids is 1. The van der Waals surface area contributed by atoms with Crippen molar-refractivity contribution in [3.8, 4) is 11.5 Å². The Labute approximate surface area is 182 Å². The van der Waals surface area contributed by atoms with Crippen LogP contribution in [0.25, 0.3) is 0 Å². The van der Waals surface area contributed by atoms with Crippen molar-refractivity contribution in [2.75, 3.05) is 19.8 Å². The minimum absolute atomic E-state index is 0.00277. The van der Waals surface area contributed by atoms with Crippen LogP contribution >= 0.6 is 0 Å². The van der Waals surface area contributed by atoms with Crippen LogP contribution in [-0.2, 0) is 6.54 Å². The van der Waals surface area contributed by atoms with Crippen LogP contribution in [0.3, 0.4) is 0 Å². The predicted molar refractivity (Wildman–Crippen MR) is 118 cm³/mol. The van der Waals surface area contributed by atoms with Crippen molar-refractivity contribution in [2.45, 2.75) is 39.3 Å². The summed E-state index contributed by atoms with van der Waals surface area (Å²) < 4.78 is 13.9. The number of fused-ring (bicyclic) bond motifs is 1. The van der Waals surface area contributed by atoms with Crippen LogP contribution in [0.1, 0.15) is 51.9 Å². The van der Waals surface area contributed by atoms with E-state index in [4.69, 9.17) is 9.47 Å². The summed E-state index contributed by atoms with van der Waals surface area (Å²) in [6.07, 6.45) is 3.71. The SMILES string of the molecule is Cc1cc(C(=O)N2CCCC2c2cccc3c2OCCO3)c(C)n1Cc1ccccn1. The first-order chi connectivity index (χ1) is 15.1. The van der Waals surface area contributed by atoms with Gasteiger partial charge in [-0.15, -0.1) is 0 Å². The molecule has 0 spiro atoms. The average molecular weight is 418 g/mol. The zero-order valence-corrected chi connectivity index (χ0v) is 18.0. The Morgan fingerprint density at radius 3 is 2.84 bits per heavy atom. The molecule has 0 radical (unpaired) electrons. The van der Waals surface area contributed by atoms with Crippen molar-refractivity contribution >= 4 is 5.91 Å². The van der Waals surface area contributed by atoms with Gasteiger partial charge in [0.25, 0.3) is 5.91 Å². The maximum Gasteiger partial charge on any atom is 0.256 e. The van der Waals surface area contributed by atoms with E-state index in [2.05, 4.69) is 15.6 Å². The summed E-state index contributed by atoms with van der Waals surface area (Å²) in [6, 6.07) is 13.9. The van der Waals surface area contributed by atoms with Crippen LogP contribution in [0.5, 0.6) is 11.5 Å². The van der Waals surface area contributed by atoms with Crippen LogP contribution in [0, 0.1) is 13.8 Å². The number of hydrogen-bond donors (Lipinski definition) is 0. The van der Waals surface area contributed by atoms with E-state index in [0.717, 1.165) is 59.1 Å². The second kappa shape index (κ2) is 8.10. The van der Waals surface area contributed by atoms with Crippen LogP contribution in [-0.4, -0.2) is 40.1 Å². The number of nitrogens with zero attached hydrogens (tertiary/aromatic N) is 3. The fourth-order valence-electron chi connectivity index (χ4n) is 4.76. The Morgan fingerprint density at radius 2 is 2.00 bits per heavy atom. The smallest absolute Gasteiger partial charge is 0.256 e. The number of likely N-dealkylation sites (tertiary alicyclic amines) is 1. The molecular weight excluding hydrogens is 390 g/mol. The van der Waals surface area contributed by atoms with Crippen molar-refractivity contribution in [1.82, 2.24) is 14.5 Å². The fraction of sp³-hybridized carbons (Fsp3) is 0.360. The molecule has 6 heteroatoms. The number of para-hydroxylation sites is 1. The van der Waals surface area contributed by atoms with Gasteiger partial charge in [0.2, 0.25) is 0 Å². The molecule has 1 unspecified atom stereocenters. The number of pyridine rings is 1. The highest BCUT2D eigenvalue weighted by Gasteiger charge is 2.35. The zero-order valence-electron chi connectivity index (χ0n) is 18.0. The molecule has 1 atom stereocenters. The Morgan fingerprint density at radius 1 is 1.13 bits per heavy atom. The summed E-state index contributed by atoms with van der Waals surface area (Å²) >= 11 is 0. The van der Waals surface area contributed by atoms with Crippen molar-refractivity contribution in [3.05, 3.63) is 76.9 Å². The highest BCUT2D eigenvalue weighted by Crippen LogP contribution is 2.43. The third-order valence-corrected chi connectivity index (χ3v) is 6.32. The molecular formula is C25H27N3O3. The molecule has 3 aromatic rings. The first-order valence-corrected chi connectivity index (χ1v) is 10.9. The van der Waals surface area contributed by atoms with Gasteiger partial charge in [0.1, 0.15) is 13.2 Å². The summed E-state index contributed by atoms with van der Waals surface area (Å²) in [5.41, 5.74) is 4.84. The fourth-order valence-corrected chi connectivity index (χ4v) is 4.76. The summed E-state index contributed by atoms with van der Waals surface area (Å²) in [6.45, 7) is 6.58. The Kier molecular flexibility index (Phi) is 5.14. The maximum absolute atomic E-state index is 13.7. The molecule has 1 amide bonds. The number of hydrogen-bond acceptors (Lipinski definition) is 4. The van der Waals surface area contributed by atoms with Gasteiger partial charge in [-0.3, -0.25) is 9.78 Å². The van der Waals surface area contributed by atoms with Gasteiger partial charge in [0, 0.05) is 29.7 Å². The minimum Gasteiger partial charge on any atom is -0.486 e. The number of carbonyl (C=O) groups is 1. The maximum atomic E-state index is 13.7. The number of benzene rings is 1. The molecule has 1 fully saturated rings. The van der Waals surface area contributed by atoms with Gasteiger partial charge in [0.05, 0.1) is 23.8 Å². The molecule has 2 aliphatic heterocycles. The van der Waals surface area contributed by atoms with Crippen LogP contribution in [0.15, 0.2) is 48.7 Å². The number of ether oxygens (including phenoxy) is 2. The molecule has 2 aromatic heterocycles. The van der Waals surface area contributed by atoms with Crippen molar-refractivity contribution < 1.29 is 14.3 Å². The molecule has 6 nitrogen and oxygen atoms in total.